The van der Waals surface area contributed by atoms with Gasteiger partial charge in [-0.25, -0.2) is 14.6 Å². The highest BCUT2D eigenvalue weighted by atomic mass is 19.1. The minimum absolute atomic E-state index is 0.000685. The van der Waals surface area contributed by atoms with Crippen molar-refractivity contribution in [3.8, 4) is 17.2 Å². The number of ether oxygens (including phenoxy) is 3. The molecule has 0 heterocycles. The molecule has 170 valence electrons. The van der Waals surface area contributed by atoms with Crippen molar-refractivity contribution >= 4 is 23.8 Å². The van der Waals surface area contributed by atoms with E-state index >= 15 is 0 Å². The SMILES string of the molecule is COc1ccccc1NCC(=O)N/N=C/c1ccc(OC(=O)c2ccc(F)cc2)c(OC)c1. The molecular weight excluding hydrogens is 429 g/mol. The van der Waals surface area contributed by atoms with Gasteiger partial charge in [-0.1, -0.05) is 12.1 Å². The number of benzene rings is 3. The minimum atomic E-state index is -0.649. The fourth-order valence-corrected chi connectivity index (χ4v) is 2.78. The predicted octanol–water partition coefficient (Wildman–Crippen LogP) is 3.62. The number of carbonyl (C=O) groups excluding carboxylic acids is 2. The number of carbonyl (C=O) groups is 2. The van der Waals surface area contributed by atoms with E-state index in [2.05, 4.69) is 15.8 Å². The Morgan fingerprint density at radius 1 is 0.939 bits per heavy atom. The average molecular weight is 451 g/mol. The van der Waals surface area contributed by atoms with Crippen molar-refractivity contribution in [1.82, 2.24) is 5.43 Å². The van der Waals surface area contributed by atoms with Crippen LogP contribution in [0.4, 0.5) is 10.1 Å². The van der Waals surface area contributed by atoms with Gasteiger partial charge in [-0.05, 0) is 60.2 Å². The second-order valence-corrected chi connectivity index (χ2v) is 6.65. The van der Waals surface area contributed by atoms with Gasteiger partial charge in [-0.2, -0.15) is 5.10 Å². The van der Waals surface area contributed by atoms with Gasteiger partial charge in [0.05, 0.1) is 38.2 Å². The van der Waals surface area contributed by atoms with Crippen LogP contribution in [0, 0.1) is 5.82 Å². The predicted molar refractivity (Wildman–Crippen MR) is 122 cm³/mol. The third kappa shape index (κ3) is 6.54. The average Bonchev–Trinajstić information content (AvgIpc) is 2.84. The van der Waals surface area contributed by atoms with Crippen molar-refractivity contribution in [1.29, 1.82) is 0 Å². The van der Waals surface area contributed by atoms with E-state index in [0.717, 1.165) is 0 Å². The highest BCUT2D eigenvalue weighted by molar-refractivity contribution is 5.91. The molecule has 0 aliphatic rings. The summed E-state index contributed by atoms with van der Waals surface area (Å²) >= 11 is 0. The van der Waals surface area contributed by atoms with Crippen LogP contribution in [0.3, 0.4) is 0 Å². The number of hydrogen-bond acceptors (Lipinski definition) is 7. The monoisotopic (exact) mass is 451 g/mol. The van der Waals surface area contributed by atoms with Crippen molar-refractivity contribution in [2.45, 2.75) is 0 Å². The van der Waals surface area contributed by atoms with Crippen LogP contribution >= 0.6 is 0 Å². The first-order valence-electron chi connectivity index (χ1n) is 9.84. The topological polar surface area (TPSA) is 98.3 Å². The van der Waals surface area contributed by atoms with Crippen molar-refractivity contribution in [3.63, 3.8) is 0 Å². The molecule has 0 saturated heterocycles. The fourth-order valence-electron chi connectivity index (χ4n) is 2.78. The molecule has 0 unspecified atom stereocenters. The van der Waals surface area contributed by atoms with E-state index in [9.17, 15) is 14.0 Å². The number of esters is 1. The number of para-hydroxylation sites is 2. The molecule has 0 atom stereocenters. The Morgan fingerprint density at radius 2 is 1.67 bits per heavy atom. The Kier molecular flexibility index (Phi) is 7.96. The lowest BCUT2D eigenvalue weighted by molar-refractivity contribution is -0.119. The van der Waals surface area contributed by atoms with Crippen molar-refractivity contribution in [2.75, 3.05) is 26.1 Å². The molecule has 33 heavy (non-hydrogen) atoms. The lowest BCUT2D eigenvalue weighted by atomic mass is 10.2. The Bertz CT molecular complexity index is 1150. The van der Waals surface area contributed by atoms with Gasteiger partial charge in [0.1, 0.15) is 11.6 Å². The maximum absolute atomic E-state index is 13.0. The number of halogens is 1. The smallest absolute Gasteiger partial charge is 0.343 e. The van der Waals surface area contributed by atoms with Crippen LogP contribution in [-0.2, 0) is 4.79 Å². The fraction of sp³-hybridized carbons (Fsp3) is 0.125. The number of amides is 1. The Labute approximate surface area is 190 Å². The van der Waals surface area contributed by atoms with Crippen LogP contribution in [0.2, 0.25) is 0 Å². The zero-order valence-electron chi connectivity index (χ0n) is 18.0. The molecule has 2 N–H and O–H groups in total. The van der Waals surface area contributed by atoms with Gasteiger partial charge in [0.2, 0.25) is 0 Å². The summed E-state index contributed by atoms with van der Waals surface area (Å²) in [6.07, 6.45) is 1.43. The summed E-state index contributed by atoms with van der Waals surface area (Å²) < 4.78 is 28.8. The third-order valence-electron chi connectivity index (χ3n) is 4.42. The number of nitrogens with one attached hydrogen (secondary N) is 2. The Balaban J connectivity index is 1.56. The maximum atomic E-state index is 13.0. The first kappa shape index (κ1) is 23.3. The molecule has 0 aliphatic heterocycles. The van der Waals surface area contributed by atoms with Crippen LogP contribution in [0.5, 0.6) is 17.2 Å². The lowest BCUT2D eigenvalue weighted by Gasteiger charge is -2.10. The molecule has 8 nitrogen and oxygen atoms in total. The van der Waals surface area contributed by atoms with E-state index in [1.807, 2.05) is 12.1 Å². The van der Waals surface area contributed by atoms with Crippen LogP contribution in [0.15, 0.2) is 71.8 Å². The molecule has 0 saturated carbocycles. The van der Waals surface area contributed by atoms with Gasteiger partial charge in [0.25, 0.3) is 5.91 Å². The molecule has 9 heteroatoms. The standard InChI is InChI=1S/C24H22FN3O5/c1-31-20-6-4-3-5-19(20)26-15-23(29)28-27-14-16-7-12-21(22(13-16)32-2)33-24(30)17-8-10-18(25)11-9-17/h3-14,26H,15H2,1-2H3,(H,28,29)/b27-14+. The maximum Gasteiger partial charge on any atom is 0.343 e. The van der Waals surface area contributed by atoms with Crippen LogP contribution in [0.1, 0.15) is 15.9 Å². The molecule has 1 amide bonds. The summed E-state index contributed by atoms with van der Waals surface area (Å²) in [5.74, 6) is -0.345. The van der Waals surface area contributed by atoms with Gasteiger partial charge in [-0.15, -0.1) is 0 Å². The number of methoxy groups -OCH3 is 2. The van der Waals surface area contributed by atoms with Crippen LogP contribution < -0.4 is 25.0 Å². The lowest BCUT2D eigenvalue weighted by Crippen LogP contribution is -2.26. The number of nitrogens with zero attached hydrogens (tertiary/aromatic N) is 1. The Hall–Kier alpha value is -4.40. The molecule has 0 fully saturated rings. The van der Waals surface area contributed by atoms with E-state index in [4.69, 9.17) is 14.2 Å². The molecule has 3 aromatic rings. The molecule has 0 spiro atoms. The summed E-state index contributed by atoms with van der Waals surface area (Å²) in [7, 11) is 2.98. The number of anilines is 1. The molecule has 3 aromatic carbocycles. The first-order chi connectivity index (χ1) is 16.0. The molecule has 3 rings (SSSR count). The number of hydrazone groups is 1. The molecule has 0 aliphatic carbocycles. The highest BCUT2D eigenvalue weighted by Crippen LogP contribution is 2.28. The summed E-state index contributed by atoms with van der Waals surface area (Å²) in [5.41, 5.74) is 3.91. The van der Waals surface area contributed by atoms with Gasteiger partial charge < -0.3 is 19.5 Å². The summed E-state index contributed by atoms with van der Waals surface area (Å²) in [5, 5.41) is 6.90. The zero-order chi connectivity index (χ0) is 23.6. The van der Waals surface area contributed by atoms with Crippen molar-refractivity contribution in [2.24, 2.45) is 5.10 Å². The molecule has 0 bridgehead atoms. The van der Waals surface area contributed by atoms with Gasteiger partial charge in [0, 0.05) is 0 Å². The number of rotatable bonds is 9. The third-order valence-corrected chi connectivity index (χ3v) is 4.42. The van der Waals surface area contributed by atoms with E-state index in [1.54, 1.807) is 31.4 Å². The van der Waals surface area contributed by atoms with Crippen LogP contribution in [0.25, 0.3) is 0 Å². The highest BCUT2D eigenvalue weighted by Gasteiger charge is 2.13. The van der Waals surface area contributed by atoms with E-state index in [0.29, 0.717) is 22.7 Å². The van der Waals surface area contributed by atoms with E-state index < -0.39 is 11.8 Å². The summed E-state index contributed by atoms with van der Waals surface area (Å²) in [4.78, 5) is 24.3. The number of hydrogen-bond donors (Lipinski definition) is 2. The normalized spacial score (nSPS) is 10.5. The van der Waals surface area contributed by atoms with Crippen molar-refractivity contribution < 1.29 is 28.2 Å². The first-order valence-corrected chi connectivity index (χ1v) is 9.84. The molecule has 0 aromatic heterocycles. The summed E-state index contributed by atoms with van der Waals surface area (Å²) in [6.45, 7) is -0.000685. The largest absolute Gasteiger partial charge is 0.495 e. The second-order valence-electron chi connectivity index (χ2n) is 6.65. The zero-order valence-corrected chi connectivity index (χ0v) is 18.0. The van der Waals surface area contributed by atoms with Gasteiger partial charge >= 0.3 is 5.97 Å². The minimum Gasteiger partial charge on any atom is -0.495 e. The molecule has 0 radical (unpaired) electrons. The second kappa shape index (κ2) is 11.3. The van der Waals surface area contributed by atoms with Gasteiger partial charge in [0.15, 0.2) is 11.5 Å². The Morgan fingerprint density at radius 3 is 2.39 bits per heavy atom. The van der Waals surface area contributed by atoms with Crippen molar-refractivity contribution in [3.05, 3.63) is 83.7 Å². The summed E-state index contributed by atoms with van der Waals surface area (Å²) in [6, 6.07) is 17.0. The van der Waals surface area contributed by atoms with Gasteiger partial charge in [-0.3, -0.25) is 4.79 Å². The quantitative estimate of drug-likeness (QED) is 0.223. The molecular formula is C24H22FN3O5. The van der Waals surface area contributed by atoms with Crippen LogP contribution in [-0.4, -0.2) is 38.9 Å². The van der Waals surface area contributed by atoms with E-state index in [1.165, 1.54) is 43.7 Å². The van der Waals surface area contributed by atoms with E-state index in [-0.39, 0.29) is 23.8 Å².